The molecule has 0 aliphatic rings. The lowest BCUT2D eigenvalue weighted by Gasteiger charge is -2.15. The third-order valence-corrected chi connectivity index (χ3v) is 3.53. The standard InChI is InChI=1S/C19H20N2O4/c1-3-25-18-10-7-16(8-11-18)14-20(2)19(22)12-9-15-5-4-6-17(13-15)21(23)24/h4-13H,3,14H2,1-2H3/b12-9+. The molecular weight excluding hydrogens is 320 g/mol. The van der Waals surface area contributed by atoms with E-state index in [1.54, 1.807) is 30.2 Å². The highest BCUT2D eigenvalue weighted by molar-refractivity contribution is 5.91. The Morgan fingerprint density at radius 3 is 2.60 bits per heavy atom. The van der Waals surface area contributed by atoms with Gasteiger partial charge in [0.2, 0.25) is 5.91 Å². The third-order valence-electron chi connectivity index (χ3n) is 3.53. The number of hydrogen-bond donors (Lipinski definition) is 0. The molecule has 2 rings (SSSR count). The zero-order valence-corrected chi connectivity index (χ0v) is 14.2. The smallest absolute Gasteiger partial charge is 0.270 e. The lowest BCUT2D eigenvalue weighted by Crippen LogP contribution is -2.24. The van der Waals surface area contributed by atoms with Crippen LogP contribution in [0.4, 0.5) is 5.69 Å². The van der Waals surface area contributed by atoms with E-state index in [4.69, 9.17) is 4.74 Å². The van der Waals surface area contributed by atoms with Gasteiger partial charge in [-0.05, 0) is 36.3 Å². The van der Waals surface area contributed by atoms with Crippen molar-refractivity contribution >= 4 is 17.7 Å². The maximum atomic E-state index is 12.2. The highest BCUT2D eigenvalue weighted by Gasteiger charge is 2.07. The first-order valence-corrected chi connectivity index (χ1v) is 7.89. The molecule has 0 bridgehead atoms. The number of likely N-dealkylation sites (N-methyl/N-ethyl adjacent to an activating group) is 1. The average Bonchev–Trinajstić information content (AvgIpc) is 2.61. The van der Waals surface area contributed by atoms with Gasteiger partial charge in [-0.15, -0.1) is 0 Å². The second kappa shape index (κ2) is 8.63. The molecule has 0 aromatic heterocycles. The molecule has 0 aliphatic heterocycles. The van der Waals surface area contributed by atoms with E-state index in [1.807, 2.05) is 31.2 Å². The molecule has 0 saturated heterocycles. The zero-order valence-electron chi connectivity index (χ0n) is 14.2. The van der Waals surface area contributed by atoms with E-state index >= 15 is 0 Å². The van der Waals surface area contributed by atoms with E-state index < -0.39 is 4.92 Å². The number of amides is 1. The predicted octanol–water partition coefficient (Wildman–Crippen LogP) is 3.67. The summed E-state index contributed by atoms with van der Waals surface area (Å²) in [5.41, 5.74) is 1.59. The minimum atomic E-state index is -0.461. The lowest BCUT2D eigenvalue weighted by atomic mass is 10.2. The van der Waals surface area contributed by atoms with Crippen molar-refractivity contribution in [2.45, 2.75) is 13.5 Å². The van der Waals surface area contributed by atoms with Crippen LogP contribution in [0.15, 0.2) is 54.6 Å². The van der Waals surface area contributed by atoms with Crippen LogP contribution in [0.25, 0.3) is 6.08 Å². The van der Waals surface area contributed by atoms with Gasteiger partial charge in [0.25, 0.3) is 5.69 Å². The number of carbonyl (C=O) groups excluding carboxylic acids is 1. The molecular formula is C19H20N2O4. The van der Waals surface area contributed by atoms with Crippen molar-refractivity contribution in [1.82, 2.24) is 4.90 Å². The van der Waals surface area contributed by atoms with Crippen LogP contribution in [0.1, 0.15) is 18.1 Å². The molecule has 0 unspecified atom stereocenters. The number of nitro benzene ring substituents is 1. The van der Waals surface area contributed by atoms with Crippen molar-refractivity contribution in [2.75, 3.05) is 13.7 Å². The molecule has 0 atom stereocenters. The van der Waals surface area contributed by atoms with E-state index in [-0.39, 0.29) is 11.6 Å². The van der Waals surface area contributed by atoms with Crippen LogP contribution < -0.4 is 4.74 Å². The molecule has 0 aliphatic carbocycles. The molecule has 2 aromatic rings. The highest BCUT2D eigenvalue weighted by Crippen LogP contribution is 2.15. The molecule has 1 amide bonds. The van der Waals surface area contributed by atoms with Gasteiger partial charge < -0.3 is 9.64 Å². The fraction of sp³-hybridized carbons (Fsp3) is 0.211. The topological polar surface area (TPSA) is 72.7 Å². The molecule has 2 aromatic carbocycles. The van der Waals surface area contributed by atoms with Crippen molar-refractivity contribution in [1.29, 1.82) is 0 Å². The van der Waals surface area contributed by atoms with Gasteiger partial charge in [0.15, 0.2) is 0 Å². The normalized spacial score (nSPS) is 10.6. The first kappa shape index (κ1) is 18.2. The summed E-state index contributed by atoms with van der Waals surface area (Å²) in [6.45, 7) is 3.00. The summed E-state index contributed by atoms with van der Waals surface area (Å²) >= 11 is 0. The molecule has 6 nitrogen and oxygen atoms in total. The summed E-state index contributed by atoms with van der Waals surface area (Å²) < 4.78 is 5.39. The zero-order chi connectivity index (χ0) is 18.2. The van der Waals surface area contributed by atoms with Crippen molar-refractivity contribution in [3.8, 4) is 5.75 Å². The SMILES string of the molecule is CCOc1ccc(CN(C)C(=O)/C=C/c2cccc([N+](=O)[O-])c2)cc1. The highest BCUT2D eigenvalue weighted by atomic mass is 16.6. The first-order valence-electron chi connectivity index (χ1n) is 7.89. The van der Waals surface area contributed by atoms with Crippen LogP contribution in [0, 0.1) is 10.1 Å². The molecule has 0 spiro atoms. The summed E-state index contributed by atoms with van der Waals surface area (Å²) in [6, 6.07) is 13.7. The average molecular weight is 340 g/mol. The van der Waals surface area contributed by atoms with Gasteiger partial charge in [-0.25, -0.2) is 0 Å². The molecule has 6 heteroatoms. The van der Waals surface area contributed by atoms with Gasteiger partial charge in [0.05, 0.1) is 11.5 Å². The molecule has 0 radical (unpaired) electrons. The maximum absolute atomic E-state index is 12.2. The van der Waals surface area contributed by atoms with Crippen LogP contribution in [-0.4, -0.2) is 29.4 Å². The third kappa shape index (κ3) is 5.46. The fourth-order valence-electron chi connectivity index (χ4n) is 2.25. The van der Waals surface area contributed by atoms with E-state index in [0.717, 1.165) is 11.3 Å². The summed E-state index contributed by atoms with van der Waals surface area (Å²) in [6.07, 6.45) is 2.98. The van der Waals surface area contributed by atoms with Crippen molar-refractivity contribution in [3.63, 3.8) is 0 Å². The van der Waals surface area contributed by atoms with Crippen molar-refractivity contribution in [3.05, 3.63) is 75.8 Å². The monoisotopic (exact) mass is 340 g/mol. The quantitative estimate of drug-likeness (QED) is 0.438. The summed E-state index contributed by atoms with van der Waals surface area (Å²) in [4.78, 5) is 24.1. The molecule has 0 saturated carbocycles. The number of hydrogen-bond acceptors (Lipinski definition) is 4. The van der Waals surface area contributed by atoms with Gasteiger partial charge in [0.1, 0.15) is 5.75 Å². The Hall–Kier alpha value is -3.15. The summed E-state index contributed by atoms with van der Waals surface area (Å²) in [5, 5.41) is 10.8. The summed E-state index contributed by atoms with van der Waals surface area (Å²) in [7, 11) is 1.70. The molecule has 0 fully saturated rings. The Morgan fingerprint density at radius 1 is 1.24 bits per heavy atom. The van der Waals surface area contributed by atoms with Gasteiger partial charge >= 0.3 is 0 Å². The number of nitrogens with zero attached hydrogens (tertiary/aromatic N) is 2. The van der Waals surface area contributed by atoms with Crippen LogP contribution in [0.5, 0.6) is 5.75 Å². The fourth-order valence-corrected chi connectivity index (χ4v) is 2.25. The van der Waals surface area contributed by atoms with E-state index in [1.165, 1.54) is 18.2 Å². The van der Waals surface area contributed by atoms with Crippen LogP contribution in [0.3, 0.4) is 0 Å². The molecule has 0 heterocycles. The van der Waals surface area contributed by atoms with Gasteiger partial charge in [0, 0.05) is 31.8 Å². The summed E-state index contributed by atoms with van der Waals surface area (Å²) in [5.74, 6) is 0.617. The number of rotatable bonds is 7. The van der Waals surface area contributed by atoms with Crippen LogP contribution in [-0.2, 0) is 11.3 Å². The Bertz CT molecular complexity index is 769. The van der Waals surface area contributed by atoms with Gasteiger partial charge in [-0.3, -0.25) is 14.9 Å². The van der Waals surface area contributed by atoms with E-state index in [2.05, 4.69) is 0 Å². The van der Waals surface area contributed by atoms with Gasteiger partial charge in [-0.1, -0.05) is 24.3 Å². The molecule has 0 N–H and O–H groups in total. The molecule has 130 valence electrons. The largest absolute Gasteiger partial charge is 0.494 e. The number of benzene rings is 2. The minimum Gasteiger partial charge on any atom is -0.494 e. The number of non-ortho nitro benzene ring substituents is 1. The second-order valence-corrected chi connectivity index (χ2v) is 5.46. The van der Waals surface area contributed by atoms with Gasteiger partial charge in [-0.2, -0.15) is 0 Å². The van der Waals surface area contributed by atoms with E-state index in [9.17, 15) is 14.9 Å². The predicted molar refractivity (Wildman–Crippen MR) is 96.2 cm³/mol. The Labute approximate surface area is 146 Å². The number of nitro groups is 1. The second-order valence-electron chi connectivity index (χ2n) is 5.46. The van der Waals surface area contributed by atoms with Crippen LogP contribution in [0.2, 0.25) is 0 Å². The number of ether oxygens (including phenoxy) is 1. The van der Waals surface area contributed by atoms with E-state index in [0.29, 0.717) is 18.7 Å². The lowest BCUT2D eigenvalue weighted by molar-refractivity contribution is -0.384. The van der Waals surface area contributed by atoms with Crippen LogP contribution >= 0.6 is 0 Å². The Morgan fingerprint density at radius 2 is 1.96 bits per heavy atom. The number of carbonyl (C=O) groups is 1. The maximum Gasteiger partial charge on any atom is 0.270 e. The first-order chi connectivity index (χ1) is 12.0. The Kier molecular flexibility index (Phi) is 6.28. The van der Waals surface area contributed by atoms with Crippen molar-refractivity contribution in [2.24, 2.45) is 0 Å². The Balaban J connectivity index is 1.97. The molecule has 25 heavy (non-hydrogen) atoms. The van der Waals surface area contributed by atoms with Crippen molar-refractivity contribution < 1.29 is 14.5 Å². The minimum absolute atomic E-state index is 0.00246.